The van der Waals surface area contributed by atoms with Crippen LogP contribution in [0.2, 0.25) is 0 Å². The third kappa shape index (κ3) is 7.14. The van der Waals surface area contributed by atoms with Crippen molar-refractivity contribution in [2.45, 2.75) is 26.4 Å². The van der Waals surface area contributed by atoms with Gasteiger partial charge in [0.25, 0.3) is 5.91 Å². The number of aromatic amines is 2. The van der Waals surface area contributed by atoms with E-state index < -0.39 is 5.91 Å². The van der Waals surface area contributed by atoms with Crippen molar-refractivity contribution in [1.29, 1.82) is 0 Å². The molecule has 0 unspecified atom stereocenters. The molecule has 2 aromatic carbocycles. The minimum atomic E-state index is -0.410. The van der Waals surface area contributed by atoms with Crippen molar-refractivity contribution < 1.29 is 9.53 Å². The molecule has 3 aromatic rings. The number of benzene rings is 2. The highest BCUT2D eigenvalue weighted by molar-refractivity contribution is 7.71. The molecule has 0 saturated heterocycles. The van der Waals surface area contributed by atoms with Crippen molar-refractivity contribution in [3.63, 3.8) is 0 Å². The van der Waals surface area contributed by atoms with Gasteiger partial charge in [0.05, 0.1) is 6.26 Å². The van der Waals surface area contributed by atoms with Gasteiger partial charge in [-0.3, -0.25) is 4.79 Å². The van der Waals surface area contributed by atoms with Gasteiger partial charge in [0.1, 0.15) is 6.61 Å². The van der Waals surface area contributed by atoms with Gasteiger partial charge in [-0.05, 0) is 79.6 Å². The van der Waals surface area contributed by atoms with Crippen LogP contribution >= 0.6 is 24.4 Å². The van der Waals surface area contributed by atoms with Crippen LogP contribution in [0.1, 0.15) is 35.1 Å². The van der Waals surface area contributed by atoms with E-state index in [2.05, 4.69) is 25.6 Å². The average molecular weight is 468 g/mol. The zero-order valence-corrected chi connectivity index (χ0v) is 19.3. The molecule has 0 aliphatic heterocycles. The molecule has 0 radical (unpaired) electrons. The molecule has 1 heterocycles. The number of rotatable bonds is 10. The molecule has 0 saturated carbocycles. The van der Waals surface area contributed by atoms with Gasteiger partial charge in [-0.15, -0.1) is 0 Å². The molecule has 0 aliphatic rings. The van der Waals surface area contributed by atoms with Gasteiger partial charge in [-0.1, -0.05) is 30.3 Å². The number of hydrogen-bond donors (Lipinski definition) is 4. The standard InChI is InChI=1S/C23H25N5O2S2/c1-2-24-19-12-11-18(25-21(29)20-26-22(31)28-23(32)27-20)14-17(19)10-6-7-13-30-15-16-8-4-3-5-9-16/h3-5,7-9,11-14,24H,2,6,10,15H2,1H3,(H,25,29)(H2,26,27,28,31,32). The highest BCUT2D eigenvalue weighted by atomic mass is 32.1. The summed E-state index contributed by atoms with van der Waals surface area (Å²) in [6.45, 7) is 3.39. The fraction of sp³-hybridized carbons (Fsp3) is 0.217. The second-order valence-corrected chi connectivity index (χ2v) is 7.70. The lowest BCUT2D eigenvalue weighted by Gasteiger charge is -2.13. The van der Waals surface area contributed by atoms with Crippen molar-refractivity contribution in [3.05, 3.63) is 87.4 Å². The Kier molecular flexibility index (Phi) is 8.70. The summed E-state index contributed by atoms with van der Waals surface area (Å²) in [5, 5.41) is 6.20. The molecular formula is C23H25N5O2S2. The van der Waals surface area contributed by atoms with E-state index in [0.29, 0.717) is 12.3 Å². The van der Waals surface area contributed by atoms with Gasteiger partial charge in [0.2, 0.25) is 10.6 Å². The molecule has 0 aliphatic carbocycles. The second-order valence-electron chi connectivity index (χ2n) is 6.91. The fourth-order valence-electron chi connectivity index (χ4n) is 3.03. The second kappa shape index (κ2) is 11.9. The molecule has 4 N–H and O–H groups in total. The number of carbonyl (C=O) groups excluding carboxylic acids is 1. The van der Waals surface area contributed by atoms with Crippen molar-refractivity contribution in [1.82, 2.24) is 15.0 Å². The number of allylic oxidation sites excluding steroid dienone is 1. The topological polar surface area (TPSA) is 94.8 Å². The first-order chi connectivity index (χ1) is 15.5. The van der Waals surface area contributed by atoms with Crippen LogP contribution < -0.4 is 10.6 Å². The minimum Gasteiger partial charge on any atom is -0.497 e. The van der Waals surface area contributed by atoms with E-state index in [-0.39, 0.29) is 15.4 Å². The SMILES string of the molecule is CCNc1ccc(NC(=O)c2nc(=S)[nH]c(=S)[nH]2)cc1CCC=COCc1ccccc1. The summed E-state index contributed by atoms with van der Waals surface area (Å²) in [5.41, 5.74) is 3.91. The van der Waals surface area contributed by atoms with E-state index in [1.54, 1.807) is 6.26 Å². The third-order valence-corrected chi connectivity index (χ3v) is 4.87. The quantitative estimate of drug-likeness (QED) is 0.231. The maximum absolute atomic E-state index is 12.5. The van der Waals surface area contributed by atoms with Gasteiger partial charge in [0.15, 0.2) is 4.77 Å². The fourth-order valence-corrected chi connectivity index (χ4v) is 3.48. The third-order valence-electron chi connectivity index (χ3n) is 4.48. The summed E-state index contributed by atoms with van der Waals surface area (Å²) in [5.74, 6) is -0.345. The molecule has 0 fully saturated rings. The summed E-state index contributed by atoms with van der Waals surface area (Å²) in [4.78, 5) is 21.9. The van der Waals surface area contributed by atoms with Crippen LogP contribution in [-0.4, -0.2) is 27.4 Å². The Bertz CT molecular complexity index is 1160. The molecule has 9 heteroatoms. The molecule has 0 spiro atoms. The van der Waals surface area contributed by atoms with Gasteiger partial charge >= 0.3 is 0 Å². The van der Waals surface area contributed by atoms with Gasteiger partial charge in [-0.2, -0.15) is 4.98 Å². The number of aryl methyl sites for hydroxylation is 1. The van der Waals surface area contributed by atoms with Crippen LogP contribution in [0.3, 0.4) is 0 Å². The number of carbonyl (C=O) groups is 1. The molecule has 0 atom stereocenters. The molecular weight excluding hydrogens is 442 g/mol. The lowest BCUT2D eigenvalue weighted by molar-refractivity contribution is 0.101. The number of hydrogen-bond acceptors (Lipinski definition) is 6. The predicted octanol–water partition coefficient (Wildman–Crippen LogP) is 5.54. The maximum Gasteiger partial charge on any atom is 0.291 e. The van der Waals surface area contributed by atoms with Crippen molar-refractivity contribution in [3.8, 4) is 0 Å². The first kappa shape index (κ1) is 23.4. The largest absolute Gasteiger partial charge is 0.497 e. The van der Waals surface area contributed by atoms with Crippen LogP contribution in [0.15, 0.2) is 60.9 Å². The Morgan fingerprint density at radius 1 is 1.16 bits per heavy atom. The van der Waals surface area contributed by atoms with Gasteiger partial charge in [0, 0.05) is 17.9 Å². The summed E-state index contributed by atoms with van der Waals surface area (Å²) in [6.07, 6.45) is 5.32. The van der Waals surface area contributed by atoms with Crippen molar-refractivity contribution in [2.75, 3.05) is 17.2 Å². The summed E-state index contributed by atoms with van der Waals surface area (Å²) in [6, 6.07) is 15.8. The lowest BCUT2D eigenvalue weighted by Crippen LogP contribution is -2.16. The van der Waals surface area contributed by atoms with Crippen LogP contribution in [0.4, 0.5) is 11.4 Å². The average Bonchev–Trinajstić information content (AvgIpc) is 2.78. The predicted molar refractivity (Wildman–Crippen MR) is 132 cm³/mol. The minimum absolute atomic E-state index is 0.0644. The summed E-state index contributed by atoms with van der Waals surface area (Å²) >= 11 is 10.0. The highest BCUT2D eigenvalue weighted by Crippen LogP contribution is 2.22. The van der Waals surface area contributed by atoms with Crippen LogP contribution in [0, 0.1) is 9.54 Å². The Balaban J connectivity index is 1.62. The maximum atomic E-state index is 12.5. The normalized spacial score (nSPS) is 10.8. The lowest BCUT2D eigenvalue weighted by atomic mass is 10.1. The molecule has 3 rings (SSSR count). The first-order valence-corrected chi connectivity index (χ1v) is 11.1. The van der Waals surface area contributed by atoms with Crippen molar-refractivity contribution in [2.24, 2.45) is 0 Å². The number of H-pyrrole nitrogens is 2. The summed E-state index contributed by atoms with van der Waals surface area (Å²) < 4.78 is 6.00. The first-order valence-electron chi connectivity index (χ1n) is 10.2. The number of nitrogens with zero attached hydrogens (tertiary/aromatic N) is 1. The Hall–Kier alpha value is -3.30. The van der Waals surface area contributed by atoms with Gasteiger partial charge < -0.3 is 25.3 Å². The zero-order chi connectivity index (χ0) is 22.8. The Morgan fingerprint density at radius 2 is 1.97 bits per heavy atom. The van der Waals surface area contributed by atoms with E-state index in [0.717, 1.165) is 36.2 Å². The van der Waals surface area contributed by atoms with E-state index in [9.17, 15) is 4.79 Å². The zero-order valence-electron chi connectivity index (χ0n) is 17.7. The smallest absolute Gasteiger partial charge is 0.291 e. The van der Waals surface area contributed by atoms with Crippen molar-refractivity contribution >= 4 is 41.7 Å². The monoisotopic (exact) mass is 467 g/mol. The molecule has 32 heavy (non-hydrogen) atoms. The number of anilines is 2. The molecule has 7 nitrogen and oxygen atoms in total. The molecule has 0 bridgehead atoms. The molecule has 1 aromatic heterocycles. The molecule has 166 valence electrons. The Morgan fingerprint density at radius 3 is 2.72 bits per heavy atom. The van der Waals surface area contributed by atoms with E-state index in [1.807, 2.05) is 61.5 Å². The number of ether oxygens (including phenoxy) is 1. The number of amides is 1. The number of nitrogens with one attached hydrogen (secondary N) is 4. The van der Waals surface area contributed by atoms with Crippen LogP contribution in [0.5, 0.6) is 0 Å². The van der Waals surface area contributed by atoms with Crippen LogP contribution in [0.25, 0.3) is 0 Å². The van der Waals surface area contributed by atoms with E-state index >= 15 is 0 Å². The number of aromatic nitrogens is 3. The van der Waals surface area contributed by atoms with E-state index in [4.69, 9.17) is 29.2 Å². The van der Waals surface area contributed by atoms with Crippen LogP contribution in [-0.2, 0) is 17.8 Å². The highest BCUT2D eigenvalue weighted by Gasteiger charge is 2.10. The molecule has 1 amide bonds. The van der Waals surface area contributed by atoms with E-state index in [1.165, 1.54) is 0 Å². The van der Waals surface area contributed by atoms with Gasteiger partial charge in [-0.25, -0.2) is 0 Å². The Labute approximate surface area is 197 Å². The summed E-state index contributed by atoms with van der Waals surface area (Å²) in [7, 11) is 0.